The maximum Gasteiger partial charge on any atom is 0.417 e. The molecular formula is C22H33NO6. The fraction of sp³-hybridized carbons (Fsp3) is 0.591. The van der Waals surface area contributed by atoms with Gasteiger partial charge in [-0.1, -0.05) is 37.3 Å². The highest BCUT2D eigenvalue weighted by Gasteiger charge is 2.38. The zero-order valence-corrected chi connectivity index (χ0v) is 18.0. The van der Waals surface area contributed by atoms with E-state index in [1.165, 1.54) is 0 Å². The quantitative estimate of drug-likeness (QED) is 0.631. The number of aryl methyl sites for hydroxylation is 1. The minimum absolute atomic E-state index is 0.0863. The molecule has 162 valence electrons. The molecule has 1 unspecified atom stereocenters. The van der Waals surface area contributed by atoms with E-state index in [1.807, 2.05) is 30.3 Å². The molecular weight excluding hydrogens is 374 g/mol. The van der Waals surface area contributed by atoms with Gasteiger partial charge in [-0.2, -0.15) is 0 Å². The standard InChI is InChI=1S/C22H33NO6/c1-6-28-20(26)18(13-12-17-10-8-7-9-11-17)23(19(25)14-16(2)15-24)21(27)29-22(3,4)5/h7-11,16,18,24H,6,12-15H2,1-5H3/t16?,18-/m0/s1. The number of benzene rings is 1. The van der Waals surface area contributed by atoms with Crippen molar-refractivity contribution >= 4 is 18.0 Å². The number of aliphatic hydroxyl groups excluding tert-OH is 1. The molecule has 7 heteroatoms. The number of esters is 1. The van der Waals surface area contributed by atoms with Crippen molar-refractivity contribution in [1.29, 1.82) is 0 Å². The largest absolute Gasteiger partial charge is 0.464 e. The molecule has 0 aliphatic carbocycles. The second-order valence-corrected chi connectivity index (χ2v) is 8.03. The third-order valence-corrected chi connectivity index (χ3v) is 4.11. The SMILES string of the molecule is CCOC(=O)[C@H](CCc1ccccc1)N(C(=O)CC(C)CO)C(=O)OC(C)(C)C. The lowest BCUT2D eigenvalue weighted by atomic mass is 10.0. The fourth-order valence-electron chi connectivity index (χ4n) is 2.71. The van der Waals surface area contributed by atoms with E-state index in [1.54, 1.807) is 34.6 Å². The molecule has 0 aliphatic heterocycles. The average molecular weight is 408 g/mol. The zero-order valence-electron chi connectivity index (χ0n) is 18.0. The zero-order chi connectivity index (χ0) is 22.0. The molecule has 29 heavy (non-hydrogen) atoms. The van der Waals surface area contributed by atoms with Crippen LogP contribution < -0.4 is 0 Å². The van der Waals surface area contributed by atoms with Gasteiger partial charge in [0.1, 0.15) is 11.6 Å². The first-order valence-electron chi connectivity index (χ1n) is 9.95. The summed E-state index contributed by atoms with van der Waals surface area (Å²) in [5, 5.41) is 9.30. The van der Waals surface area contributed by atoms with Crippen molar-refractivity contribution < 1.29 is 29.0 Å². The average Bonchev–Trinajstić information content (AvgIpc) is 2.64. The van der Waals surface area contributed by atoms with Gasteiger partial charge in [0.2, 0.25) is 5.91 Å². The Morgan fingerprint density at radius 2 is 1.76 bits per heavy atom. The lowest BCUT2D eigenvalue weighted by Crippen LogP contribution is -2.51. The van der Waals surface area contributed by atoms with E-state index in [0.29, 0.717) is 6.42 Å². The molecule has 1 rings (SSSR count). The number of hydrogen-bond acceptors (Lipinski definition) is 6. The molecule has 0 bridgehead atoms. The number of carbonyl (C=O) groups excluding carboxylic acids is 3. The third kappa shape index (κ3) is 8.64. The van der Waals surface area contributed by atoms with Gasteiger partial charge in [-0.3, -0.25) is 4.79 Å². The highest BCUT2D eigenvalue weighted by atomic mass is 16.6. The molecule has 2 amide bonds. The Bertz CT molecular complexity index is 668. The lowest BCUT2D eigenvalue weighted by molar-refractivity contribution is -0.154. The van der Waals surface area contributed by atoms with E-state index >= 15 is 0 Å². The number of nitrogens with zero attached hydrogens (tertiary/aromatic N) is 1. The number of hydrogen-bond donors (Lipinski definition) is 1. The van der Waals surface area contributed by atoms with Gasteiger partial charge in [0.05, 0.1) is 6.61 Å². The van der Waals surface area contributed by atoms with E-state index in [-0.39, 0.29) is 32.0 Å². The van der Waals surface area contributed by atoms with E-state index in [9.17, 15) is 19.5 Å². The molecule has 0 saturated carbocycles. The molecule has 0 aliphatic rings. The first kappa shape index (κ1) is 24.6. The Labute approximate surface area is 173 Å². The van der Waals surface area contributed by atoms with Gasteiger partial charge < -0.3 is 14.6 Å². The molecule has 1 aromatic rings. The second-order valence-electron chi connectivity index (χ2n) is 8.03. The van der Waals surface area contributed by atoms with Crippen LogP contribution in [0.15, 0.2) is 30.3 Å². The molecule has 2 atom stereocenters. The van der Waals surface area contributed by atoms with Gasteiger partial charge in [0, 0.05) is 13.0 Å². The maximum absolute atomic E-state index is 12.9. The molecule has 0 heterocycles. The van der Waals surface area contributed by atoms with Gasteiger partial charge in [-0.25, -0.2) is 14.5 Å². The van der Waals surface area contributed by atoms with Crippen LogP contribution in [0.25, 0.3) is 0 Å². The first-order valence-corrected chi connectivity index (χ1v) is 9.95. The van der Waals surface area contributed by atoms with Crippen molar-refractivity contribution in [3.05, 3.63) is 35.9 Å². The van der Waals surface area contributed by atoms with Crippen LogP contribution >= 0.6 is 0 Å². The summed E-state index contributed by atoms with van der Waals surface area (Å²) in [5.74, 6) is -1.59. The molecule has 0 spiro atoms. The van der Waals surface area contributed by atoms with Crippen LogP contribution in [-0.2, 0) is 25.5 Å². The molecule has 7 nitrogen and oxygen atoms in total. The summed E-state index contributed by atoms with van der Waals surface area (Å²) in [6, 6.07) is 8.37. The minimum atomic E-state index is -1.11. The van der Waals surface area contributed by atoms with Crippen LogP contribution in [0.1, 0.15) is 53.0 Å². The number of carbonyl (C=O) groups is 3. The van der Waals surface area contributed by atoms with Crippen LogP contribution in [0.3, 0.4) is 0 Å². The number of imide groups is 1. The molecule has 0 fully saturated rings. The van der Waals surface area contributed by atoms with Crippen LogP contribution in [0.4, 0.5) is 4.79 Å². The maximum atomic E-state index is 12.9. The van der Waals surface area contributed by atoms with Crippen LogP contribution in [-0.4, -0.2) is 52.8 Å². The predicted octanol–water partition coefficient (Wildman–Crippen LogP) is 3.33. The van der Waals surface area contributed by atoms with Gasteiger partial charge in [-0.05, 0) is 52.0 Å². The Morgan fingerprint density at radius 3 is 2.28 bits per heavy atom. The number of ether oxygens (including phenoxy) is 2. The first-order chi connectivity index (χ1) is 13.6. The normalized spacial score (nSPS) is 13.3. The molecule has 0 radical (unpaired) electrons. The number of amides is 2. The van der Waals surface area contributed by atoms with E-state index in [2.05, 4.69) is 0 Å². The van der Waals surface area contributed by atoms with Crippen LogP contribution in [0.2, 0.25) is 0 Å². The second kappa shape index (κ2) is 11.6. The smallest absolute Gasteiger partial charge is 0.417 e. The topological polar surface area (TPSA) is 93.1 Å². The summed E-state index contributed by atoms with van der Waals surface area (Å²) in [7, 11) is 0. The molecule has 0 aromatic heterocycles. The highest BCUT2D eigenvalue weighted by molar-refractivity contribution is 5.97. The van der Waals surface area contributed by atoms with Crippen molar-refractivity contribution in [2.45, 2.75) is 65.5 Å². The molecule has 1 aromatic carbocycles. The lowest BCUT2D eigenvalue weighted by Gasteiger charge is -2.31. The third-order valence-electron chi connectivity index (χ3n) is 4.11. The molecule has 1 N–H and O–H groups in total. The number of rotatable bonds is 9. The van der Waals surface area contributed by atoms with E-state index < -0.39 is 29.6 Å². The number of aliphatic hydroxyl groups is 1. The summed E-state index contributed by atoms with van der Waals surface area (Å²) in [6.07, 6.45) is -0.288. The predicted molar refractivity (Wildman–Crippen MR) is 109 cm³/mol. The Kier molecular flexibility index (Phi) is 9.81. The van der Waals surface area contributed by atoms with Gasteiger partial charge >= 0.3 is 12.1 Å². The van der Waals surface area contributed by atoms with Crippen molar-refractivity contribution in [3.63, 3.8) is 0 Å². The van der Waals surface area contributed by atoms with Gasteiger partial charge in [0.15, 0.2) is 0 Å². The summed E-state index contributed by atoms with van der Waals surface area (Å²) < 4.78 is 10.5. The minimum Gasteiger partial charge on any atom is -0.464 e. The van der Waals surface area contributed by atoms with Crippen molar-refractivity contribution in [2.24, 2.45) is 5.92 Å². The van der Waals surface area contributed by atoms with Gasteiger partial charge in [-0.15, -0.1) is 0 Å². The summed E-state index contributed by atoms with van der Waals surface area (Å²) >= 11 is 0. The Morgan fingerprint density at radius 1 is 1.14 bits per heavy atom. The van der Waals surface area contributed by atoms with Crippen molar-refractivity contribution in [2.75, 3.05) is 13.2 Å². The van der Waals surface area contributed by atoms with E-state index in [4.69, 9.17) is 9.47 Å². The highest BCUT2D eigenvalue weighted by Crippen LogP contribution is 2.19. The van der Waals surface area contributed by atoms with Crippen LogP contribution in [0.5, 0.6) is 0 Å². The monoisotopic (exact) mass is 407 g/mol. The van der Waals surface area contributed by atoms with E-state index in [0.717, 1.165) is 10.5 Å². The Balaban J connectivity index is 3.18. The van der Waals surface area contributed by atoms with Crippen molar-refractivity contribution in [3.8, 4) is 0 Å². The van der Waals surface area contributed by atoms with Gasteiger partial charge in [0.25, 0.3) is 0 Å². The van der Waals surface area contributed by atoms with Crippen LogP contribution in [0, 0.1) is 5.92 Å². The summed E-state index contributed by atoms with van der Waals surface area (Å²) in [4.78, 5) is 39.3. The fourth-order valence-corrected chi connectivity index (χ4v) is 2.71. The van der Waals surface area contributed by atoms with Crippen molar-refractivity contribution in [1.82, 2.24) is 4.90 Å². The molecule has 0 saturated heterocycles. The summed E-state index contributed by atoms with van der Waals surface area (Å²) in [5.41, 5.74) is 0.138. The Hall–Kier alpha value is -2.41. The summed E-state index contributed by atoms with van der Waals surface area (Å²) in [6.45, 7) is 8.34.